The fraction of sp³-hybridized carbons (Fsp3) is 0.167. The molecule has 0 aliphatic rings. The van der Waals surface area contributed by atoms with Crippen molar-refractivity contribution in [2.24, 2.45) is 0 Å². The zero-order valence-corrected chi connectivity index (χ0v) is 8.69. The number of aryl methyl sites for hydroxylation is 1. The van der Waals surface area contributed by atoms with Gasteiger partial charge in [0.2, 0.25) is 0 Å². The number of ether oxygens (including phenoxy) is 1. The van der Waals surface area contributed by atoms with E-state index in [4.69, 9.17) is 0 Å². The van der Waals surface area contributed by atoms with Crippen LogP contribution in [0.1, 0.15) is 11.1 Å². The summed E-state index contributed by atoms with van der Waals surface area (Å²) >= 11 is 0. The van der Waals surface area contributed by atoms with Gasteiger partial charge in [0.15, 0.2) is 0 Å². The first-order valence-electron chi connectivity index (χ1n) is 4.50. The molecule has 0 heterocycles. The molecule has 1 aromatic carbocycles. The summed E-state index contributed by atoms with van der Waals surface area (Å²) in [5, 5.41) is 0. The highest BCUT2D eigenvalue weighted by molar-refractivity contribution is 6.39. The van der Waals surface area contributed by atoms with Gasteiger partial charge in [-0.25, -0.2) is 4.79 Å². The van der Waals surface area contributed by atoms with Crippen LogP contribution in [-0.2, 0) is 14.3 Å². The number of hydrogen-bond acceptors (Lipinski definition) is 3. The van der Waals surface area contributed by atoms with Crippen molar-refractivity contribution in [2.45, 2.75) is 6.92 Å². The van der Waals surface area contributed by atoms with E-state index in [-0.39, 0.29) is 0 Å². The minimum Gasteiger partial charge on any atom is -0.463 e. The molecular weight excluding hydrogens is 192 g/mol. The monoisotopic (exact) mass is 204 g/mol. The van der Waals surface area contributed by atoms with Crippen LogP contribution in [0.25, 0.3) is 6.08 Å². The highest BCUT2D eigenvalue weighted by Gasteiger charge is 2.08. The van der Waals surface area contributed by atoms with Crippen LogP contribution in [0, 0.1) is 6.92 Å². The predicted molar refractivity (Wildman–Crippen MR) is 57.2 cm³/mol. The molecule has 1 aromatic rings. The maximum Gasteiger partial charge on any atom is 0.378 e. The SMILES string of the molecule is COC(=O)C(=O)C=Cc1ccc(C)cc1. The summed E-state index contributed by atoms with van der Waals surface area (Å²) in [6, 6.07) is 7.61. The van der Waals surface area contributed by atoms with Crippen molar-refractivity contribution in [1.82, 2.24) is 0 Å². The Morgan fingerprint density at radius 3 is 2.33 bits per heavy atom. The van der Waals surface area contributed by atoms with Crippen LogP contribution in [0.5, 0.6) is 0 Å². The molecule has 0 aliphatic heterocycles. The van der Waals surface area contributed by atoms with Gasteiger partial charge in [-0.3, -0.25) is 4.79 Å². The molecular formula is C12H12O3. The Bertz CT molecular complexity index is 388. The number of rotatable bonds is 3. The predicted octanol–water partition coefficient (Wildman–Crippen LogP) is 1.75. The molecule has 0 atom stereocenters. The third kappa shape index (κ3) is 3.38. The van der Waals surface area contributed by atoms with Crippen LogP contribution < -0.4 is 0 Å². The Hall–Kier alpha value is -1.90. The van der Waals surface area contributed by atoms with Crippen LogP contribution in [-0.4, -0.2) is 18.9 Å². The van der Waals surface area contributed by atoms with E-state index >= 15 is 0 Å². The van der Waals surface area contributed by atoms with E-state index in [1.807, 2.05) is 31.2 Å². The van der Waals surface area contributed by atoms with E-state index < -0.39 is 11.8 Å². The summed E-state index contributed by atoms with van der Waals surface area (Å²) in [6.07, 6.45) is 2.79. The molecule has 3 nitrogen and oxygen atoms in total. The lowest BCUT2D eigenvalue weighted by atomic mass is 10.1. The van der Waals surface area contributed by atoms with Crippen molar-refractivity contribution in [1.29, 1.82) is 0 Å². The highest BCUT2D eigenvalue weighted by atomic mass is 16.5. The summed E-state index contributed by atoms with van der Waals surface area (Å²) in [5.41, 5.74) is 2.02. The quantitative estimate of drug-likeness (QED) is 0.428. The van der Waals surface area contributed by atoms with Gasteiger partial charge in [-0.2, -0.15) is 0 Å². The standard InChI is InChI=1S/C12H12O3/c1-9-3-5-10(6-4-9)7-8-11(13)12(14)15-2/h3-8H,1-2H3. The van der Waals surface area contributed by atoms with Crippen molar-refractivity contribution in [3.63, 3.8) is 0 Å². The van der Waals surface area contributed by atoms with E-state index in [2.05, 4.69) is 4.74 Å². The summed E-state index contributed by atoms with van der Waals surface area (Å²) < 4.78 is 4.28. The number of carbonyl (C=O) groups excluding carboxylic acids is 2. The smallest absolute Gasteiger partial charge is 0.378 e. The molecule has 0 bridgehead atoms. The number of ketones is 1. The lowest BCUT2D eigenvalue weighted by Crippen LogP contribution is -2.11. The molecule has 0 fully saturated rings. The Labute approximate surface area is 88.4 Å². The fourth-order valence-corrected chi connectivity index (χ4v) is 1.02. The summed E-state index contributed by atoms with van der Waals surface area (Å²) in [7, 11) is 1.18. The van der Waals surface area contributed by atoms with Crippen LogP contribution in [0.4, 0.5) is 0 Å². The van der Waals surface area contributed by atoms with E-state index in [1.165, 1.54) is 13.2 Å². The maximum absolute atomic E-state index is 11.1. The number of benzene rings is 1. The molecule has 0 saturated heterocycles. The van der Waals surface area contributed by atoms with Gasteiger partial charge < -0.3 is 4.74 Å². The second kappa shape index (κ2) is 5.10. The van der Waals surface area contributed by atoms with E-state index in [9.17, 15) is 9.59 Å². The lowest BCUT2D eigenvalue weighted by molar-refractivity contribution is -0.149. The van der Waals surface area contributed by atoms with Gasteiger partial charge in [0.1, 0.15) is 0 Å². The van der Waals surface area contributed by atoms with Crippen LogP contribution in [0.3, 0.4) is 0 Å². The Morgan fingerprint density at radius 1 is 1.20 bits per heavy atom. The second-order valence-electron chi connectivity index (χ2n) is 3.10. The minimum atomic E-state index is -0.849. The van der Waals surface area contributed by atoms with Crippen LogP contribution in [0.15, 0.2) is 30.3 Å². The van der Waals surface area contributed by atoms with Gasteiger partial charge in [0.25, 0.3) is 5.78 Å². The number of esters is 1. The average Bonchev–Trinajstić information content (AvgIpc) is 2.26. The fourth-order valence-electron chi connectivity index (χ4n) is 1.02. The molecule has 15 heavy (non-hydrogen) atoms. The topological polar surface area (TPSA) is 43.4 Å². The van der Waals surface area contributed by atoms with Gasteiger partial charge in [0.05, 0.1) is 7.11 Å². The summed E-state index contributed by atoms with van der Waals surface area (Å²) in [5.74, 6) is -1.50. The van der Waals surface area contributed by atoms with Crippen LogP contribution >= 0.6 is 0 Å². The zero-order chi connectivity index (χ0) is 11.3. The molecule has 0 amide bonds. The summed E-state index contributed by atoms with van der Waals surface area (Å²) in [6.45, 7) is 1.98. The molecule has 0 aliphatic carbocycles. The first kappa shape index (κ1) is 11.2. The Balaban J connectivity index is 2.69. The molecule has 0 saturated carbocycles. The maximum atomic E-state index is 11.1. The Morgan fingerprint density at radius 2 is 1.80 bits per heavy atom. The van der Waals surface area contributed by atoms with Crippen molar-refractivity contribution in [3.8, 4) is 0 Å². The molecule has 1 rings (SSSR count). The van der Waals surface area contributed by atoms with Gasteiger partial charge in [-0.15, -0.1) is 0 Å². The van der Waals surface area contributed by atoms with Crippen LogP contribution in [0.2, 0.25) is 0 Å². The van der Waals surface area contributed by atoms with Crippen molar-refractivity contribution in [2.75, 3.05) is 7.11 Å². The normalized spacial score (nSPS) is 10.3. The molecule has 0 N–H and O–H groups in total. The molecule has 0 unspecified atom stereocenters. The number of hydrogen-bond donors (Lipinski definition) is 0. The average molecular weight is 204 g/mol. The molecule has 0 radical (unpaired) electrons. The highest BCUT2D eigenvalue weighted by Crippen LogP contribution is 2.04. The molecule has 0 aromatic heterocycles. The first-order valence-corrected chi connectivity index (χ1v) is 4.50. The summed E-state index contributed by atoms with van der Waals surface area (Å²) in [4.78, 5) is 21.8. The lowest BCUT2D eigenvalue weighted by Gasteiger charge is -1.94. The van der Waals surface area contributed by atoms with Crippen molar-refractivity contribution >= 4 is 17.8 Å². The largest absolute Gasteiger partial charge is 0.463 e. The first-order chi connectivity index (χ1) is 7.13. The third-order valence-electron chi connectivity index (χ3n) is 1.89. The molecule has 78 valence electrons. The molecule has 3 heteroatoms. The van der Waals surface area contributed by atoms with Crippen molar-refractivity contribution in [3.05, 3.63) is 41.5 Å². The third-order valence-corrected chi connectivity index (χ3v) is 1.89. The van der Waals surface area contributed by atoms with Gasteiger partial charge in [-0.1, -0.05) is 35.9 Å². The molecule has 0 spiro atoms. The zero-order valence-electron chi connectivity index (χ0n) is 8.69. The van der Waals surface area contributed by atoms with Gasteiger partial charge >= 0.3 is 5.97 Å². The minimum absolute atomic E-state index is 0.655. The van der Waals surface area contributed by atoms with E-state index in [1.54, 1.807) is 6.08 Å². The van der Waals surface area contributed by atoms with Gasteiger partial charge in [-0.05, 0) is 18.6 Å². The van der Waals surface area contributed by atoms with Gasteiger partial charge in [0, 0.05) is 0 Å². The van der Waals surface area contributed by atoms with E-state index in [0.29, 0.717) is 0 Å². The number of methoxy groups -OCH3 is 1. The van der Waals surface area contributed by atoms with Crippen molar-refractivity contribution < 1.29 is 14.3 Å². The second-order valence-corrected chi connectivity index (χ2v) is 3.10. The Kier molecular flexibility index (Phi) is 3.80. The number of carbonyl (C=O) groups is 2. The van der Waals surface area contributed by atoms with E-state index in [0.717, 1.165) is 11.1 Å².